The number of rotatable bonds is 5. The summed E-state index contributed by atoms with van der Waals surface area (Å²) in [5.74, 6) is -0.0735. The van der Waals surface area contributed by atoms with Crippen LogP contribution in [0.1, 0.15) is 29.6 Å². The highest BCUT2D eigenvalue weighted by Gasteiger charge is 2.20. The number of carbonyl (C=O) groups is 2. The first-order valence-corrected chi connectivity index (χ1v) is 10.1. The summed E-state index contributed by atoms with van der Waals surface area (Å²) in [7, 11) is 1.57. The molecule has 0 radical (unpaired) electrons. The van der Waals surface area contributed by atoms with Crippen LogP contribution in [0.5, 0.6) is 5.75 Å². The summed E-state index contributed by atoms with van der Waals surface area (Å²) >= 11 is 0. The van der Waals surface area contributed by atoms with Crippen molar-refractivity contribution in [3.05, 3.63) is 60.2 Å². The number of benzene rings is 2. The van der Waals surface area contributed by atoms with E-state index in [0.29, 0.717) is 27.9 Å². The summed E-state index contributed by atoms with van der Waals surface area (Å²) in [5, 5.41) is 0.629. The molecule has 1 aromatic heterocycles. The van der Waals surface area contributed by atoms with Crippen molar-refractivity contribution >= 4 is 22.8 Å². The number of amides is 1. The van der Waals surface area contributed by atoms with E-state index in [4.69, 9.17) is 14.5 Å². The molecular weight excluding hydrogens is 380 g/mol. The molecule has 154 valence electrons. The number of pyridine rings is 1. The summed E-state index contributed by atoms with van der Waals surface area (Å²) in [6.45, 7) is 1.20. The lowest BCUT2D eigenvalue weighted by molar-refractivity contribution is -0.135. The molecule has 1 aliphatic heterocycles. The molecule has 0 bridgehead atoms. The van der Waals surface area contributed by atoms with Crippen molar-refractivity contribution in [2.24, 2.45) is 0 Å². The quantitative estimate of drug-likeness (QED) is 0.600. The molecule has 1 aliphatic rings. The van der Waals surface area contributed by atoms with Crippen LogP contribution in [0.25, 0.3) is 22.2 Å². The Kier molecular flexibility index (Phi) is 5.93. The number of ether oxygens (including phenoxy) is 2. The van der Waals surface area contributed by atoms with Crippen LogP contribution in [-0.4, -0.2) is 48.6 Å². The average molecular weight is 404 g/mol. The van der Waals surface area contributed by atoms with Gasteiger partial charge in [-0.3, -0.25) is 4.79 Å². The summed E-state index contributed by atoms with van der Waals surface area (Å²) in [5.41, 5.74) is 2.59. The standard InChI is InChI=1S/C24H24N2O4/c1-29-18-10-11-21-19(14-18)20(15-22(25-21)17-8-4-2-5-9-17)24(28)30-16-23(27)26-12-6-3-7-13-26/h2,4-5,8-11,14-15H,3,6-7,12-13,16H2,1H3. The maximum Gasteiger partial charge on any atom is 0.339 e. The predicted molar refractivity (Wildman–Crippen MR) is 114 cm³/mol. The molecule has 0 spiro atoms. The molecule has 0 saturated carbocycles. The Bertz CT molecular complexity index is 1060. The number of nitrogens with zero attached hydrogens (tertiary/aromatic N) is 2. The molecule has 1 amide bonds. The topological polar surface area (TPSA) is 68.7 Å². The fourth-order valence-corrected chi connectivity index (χ4v) is 3.70. The summed E-state index contributed by atoms with van der Waals surface area (Å²) in [6, 6.07) is 16.7. The van der Waals surface area contributed by atoms with Gasteiger partial charge in [0.25, 0.3) is 5.91 Å². The number of hydrogen-bond donors (Lipinski definition) is 0. The molecule has 0 N–H and O–H groups in total. The monoisotopic (exact) mass is 404 g/mol. The Balaban J connectivity index is 1.64. The molecule has 3 aromatic rings. The second-order valence-electron chi connectivity index (χ2n) is 7.32. The van der Waals surface area contributed by atoms with E-state index in [-0.39, 0.29) is 12.5 Å². The first-order valence-electron chi connectivity index (χ1n) is 10.1. The van der Waals surface area contributed by atoms with Crippen LogP contribution in [-0.2, 0) is 9.53 Å². The number of carbonyl (C=O) groups excluding carboxylic acids is 2. The van der Waals surface area contributed by atoms with Crippen molar-refractivity contribution in [2.45, 2.75) is 19.3 Å². The number of likely N-dealkylation sites (tertiary alicyclic amines) is 1. The van der Waals surface area contributed by atoms with Crippen LogP contribution < -0.4 is 4.74 Å². The van der Waals surface area contributed by atoms with Gasteiger partial charge >= 0.3 is 5.97 Å². The third kappa shape index (κ3) is 4.27. The summed E-state index contributed by atoms with van der Waals surface area (Å²) in [4.78, 5) is 31.8. The van der Waals surface area contributed by atoms with E-state index in [0.717, 1.165) is 37.9 Å². The lowest BCUT2D eigenvalue weighted by Crippen LogP contribution is -2.38. The number of piperidine rings is 1. The molecule has 0 unspecified atom stereocenters. The Hall–Kier alpha value is -3.41. The second kappa shape index (κ2) is 8.95. The zero-order valence-electron chi connectivity index (χ0n) is 17.0. The van der Waals surface area contributed by atoms with Crippen LogP contribution in [0.15, 0.2) is 54.6 Å². The molecule has 2 aromatic carbocycles. The zero-order valence-corrected chi connectivity index (χ0v) is 17.0. The smallest absolute Gasteiger partial charge is 0.339 e. The van der Waals surface area contributed by atoms with Crippen LogP contribution in [0.3, 0.4) is 0 Å². The van der Waals surface area contributed by atoms with Gasteiger partial charge in [0.2, 0.25) is 0 Å². The van der Waals surface area contributed by atoms with E-state index in [1.165, 1.54) is 0 Å². The van der Waals surface area contributed by atoms with Gasteiger partial charge in [0, 0.05) is 24.0 Å². The predicted octanol–water partition coefficient (Wildman–Crippen LogP) is 4.08. The second-order valence-corrected chi connectivity index (χ2v) is 7.32. The van der Waals surface area contributed by atoms with Gasteiger partial charge in [-0.05, 0) is 43.5 Å². The molecule has 1 saturated heterocycles. The zero-order chi connectivity index (χ0) is 20.9. The van der Waals surface area contributed by atoms with E-state index >= 15 is 0 Å². The Labute approximate surface area is 175 Å². The van der Waals surface area contributed by atoms with E-state index in [1.807, 2.05) is 36.4 Å². The third-order valence-corrected chi connectivity index (χ3v) is 5.34. The van der Waals surface area contributed by atoms with Gasteiger partial charge in [-0.15, -0.1) is 0 Å². The highest BCUT2D eigenvalue weighted by atomic mass is 16.5. The number of aromatic nitrogens is 1. The van der Waals surface area contributed by atoms with Gasteiger partial charge in [0.15, 0.2) is 6.61 Å². The van der Waals surface area contributed by atoms with Crippen LogP contribution in [0.4, 0.5) is 0 Å². The number of fused-ring (bicyclic) bond motifs is 1. The largest absolute Gasteiger partial charge is 0.497 e. The van der Waals surface area contributed by atoms with Crippen molar-refractivity contribution in [1.29, 1.82) is 0 Å². The Morgan fingerprint density at radius 2 is 1.77 bits per heavy atom. The van der Waals surface area contributed by atoms with Gasteiger partial charge in [-0.25, -0.2) is 9.78 Å². The Morgan fingerprint density at radius 1 is 1.00 bits per heavy atom. The van der Waals surface area contributed by atoms with Gasteiger partial charge in [-0.2, -0.15) is 0 Å². The molecule has 0 atom stereocenters. The van der Waals surface area contributed by atoms with Crippen molar-refractivity contribution < 1.29 is 19.1 Å². The van der Waals surface area contributed by atoms with Gasteiger partial charge in [-0.1, -0.05) is 30.3 Å². The minimum absolute atomic E-state index is 0.151. The maximum atomic E-state index is 13.0. The summed E-state index contributed by atoms with van der Waals surface area (Å²) < 4.78 is 10.7. The van der Waals surface area contributed by atoms with Crippen LogP contribution in [0, 0.1) is 0 Å². The van der Waals surface area contributed by atoms with E-state index in [2.05, 4.69) is 0 Å². The van der Waals surface area contributed by atoms with E-state index in [9.17, 15) is 9.59 Å². The number of hydrogen-bond acceptors (Lipinski definition) is 5. The minimum Gasteiger partial charge on any atom is -0.497 e. The molecule has 6 heteroatoms. The maximum absolute atomic E-state index is 13.0. The van der Waals surface area contributed by atoms with Gasteiger partial charge < -0.3 is 14.4 Å². The Morgan fingerprint density at radius 3 is 2.50 bits per heavy atom. The van der Waals surface area contributed by atoms with Crippen molar-refractivity contribution in [2.75, 3.05) is 26.8 Å². The van der Waals surface area contributed by atoms with Crippen LogP contribution in [0.2, 0.25) is 0 Å². The van der Waals surface area contributed by atoms with Crippen molar-refractivity contribution in [1.82, 2.24) is 9.88 Å². The molecule has 30 heavy (non-hydrogen) atoms. The molecule has 0 aliphatic carbocycles. The first kappa shape index (κ1) is 19.9. The lowest BCUT2D eigenvalue weighted by atomic mass is 10.0. The minimum atomic E-state index is -0.543. The van der Waals surface area contributed by atoms with Crippen molar-refractivity contribution in [3.8, 4) is 17.0 Å². The highest BCUT2D eigenvalue weighted by molar-refractivity contribution is 6.05. The normalized spacial score (nSPS) is 13.8. The fraction of sp³-hybridized carbons (Fsp3) is 0.292. The SMILES string of the molecule is COc1ccc2nc(-c3ccccc3)cc(C(=O)OCC(=O)N3CCCCC3)c2c1. The average Bonchev–Trinajstić information content (AvgIpc) is 2.82. The fourth-order valence-electron chi connectivity index (χ4n) is 3.70. The molecule has 2 heterocycles. The van der Waals surface area contributed by atoms with E-state index < -0.39 is 5.97 Å². The lowest BCUT2D eigenvalue weighted by Gasteiger charge is -2.26. The van der Waals surface area contributed by atoms with Crippen LogP contribution >= 0.6 is 0 Å². The molecule has 6 nitrogen and oxygen atoms in total. The van der Waals surface area contributed by atoms with Gasteiger partial charge in [0.1, 0.15) is 5.75 Å². The molecule has 1 fully saturated rings. The van der Waals surface area contributed by atoms with Crippen molar-refractivity contribution in [3.63, 3.8) is 0 Å². The molecule has 4 rings (SSSR count). The van der Waals surface area contributed by atoms with E-state index in [1.54, 1.807) is 30.2 Å². The molecular formula is C24H24N2O4. The summed E-state index contributed by atoms with van der Waals surface area (Å²) in [6.07, 6.45) is 3.13. The highest BCUT2D eigenvalue weighted by Crippen LogP contribution is 2.28. The number of methoxy groups -OCH3 is 1. The first-order chi connectivity index (χ1) is 14.7. The number of esters is 1. The third-order valence-electron chi connectivity index (χ3n) is 5.34. The van der Waals surface area contributed by atoms with Gasteiger partial charge in [0.05, 0.1) is 23.9 Å².